The van der Waals surface area contributed by atoms with Gasteiger partial charge in [-0.1, -0.05) is 116 Å². The minimum absolute atomic E-state index is 0.0458. The highest BCUT2D eigenvalue weighted by molar-refractivity contribution is 6.30. The van der Waals surface area contributed by atoms with E-state index in [2.05, 4.69) is 21.3 Å². The molecule has 2 aliphatic rings. The predicted molar refractivity (Wildman–Crippen MR) is 377 cm³/mol. The van der Waals surface area contributed by atoms with Crippen LogP contribution in [0.3, 0.4) is 0 Å². The summed E-state index contributed by atoms with van der Waals surface area (Å²) in [6, 6.07) is 2.90. The molecular formula is C72H113ClN12O14. The van der Waals surface area contributed by atoms with Crippen molar-refractivity contribution in [3.63, 3.8) is 0 Å². The van der Waals surface area contributed by atoms with Crippen LogP contribution in [0.2, 0.25) is 5.02 Å². The molecule has 0 radical (unpaired) electrons. The molecule has 2 aromatic carbocycles. The number of amides is 12. The van der Waals surface area contributed by atoms with E-state index < -0.39 is 175 Å². The lowest BCUT2D eigenvalue weighted by molar-refractivity contribution is -0.151. The van der Waals surface area contributed by atoms with Gasteiger partial charge >= 0.3 is 0 Å². The van der Waals surface area contributed by atoms with Crippen LogP contribution in [0.5, 0.6) is 0 Å². The lowest BCUT2D eigenvalue weighted by Gasteiger charge is -2.38. The van der Waals surface area contributed by atoms with Crippen LogP contribution in [0.15, 0.2) is 54.6 Å². The van der Waals surface area contributed by atoms with Crippen LogP contribution >= 0.6 is 11.6 Å². The van der Waals surface area contributed by atoms with Crippen molar-refractivity contribution in [1.29, 1.82) is 0 Å². The van der Waals surface area contributed by atoms with Crippen LogP contribution < -0.4 is 21.3 Å². The maximum atomic E-state index is 15.3. The van der Waals surface area contributed by atoms with Crippen LogP contribution in [0.25, 0.3) is 0 Å². The topological polar surface area (TPSA) is 308 Å². The van der Waals surface area contributed by atoms with Gasteiger partial charge in [-0.2, -0.15) is 0 Å². The van der Waals surface area contributed by atoms with Gasteiger partial charge < -0.3 is 70.3 Å². The van der Waals surface area contributed by atoms with E-state index in [9.17, 15) is 43.5 Å². The van der Waals surface area contributed by atoms with Crippen LogP contribution in [0.4, 0.5) is 0 Å². The van der Waals surface area contributed by atoms with Crippen molar-refractivity contribution in [1.82, 2.24) is 60.5 Å². The van der Waals surface area contributed by atoms with E-state index in [0.717, 1.165) is 26.0 Å². The number of nitrogens with one attached hydrogen (secondary N) is 4. The Balaban J connectivity index is 1.96. The maximum Gasteiger partial charge on any atom is 0.248 e. The summed E-state index contributed by atoms with van der Waals surface area (Å²) in [5, 5.41) is 22.8. The summed E-state index contributed by atoms with van der Waals surface area (Å²) in [4.78, 5) is 188. The fourth-order valence-corrected chi connectivity index (χ4v) is 12.4. The second-order valence-electron chi connectivity index (χ2n) is 29.1. The van der Waals surface area contributed by atoms with E-state index in [4.69, 9.17) is 16.3 Å². The van der Waals surface area contributed by atoms with Gasteiger partial charge in [-0.3, -0.25) is 57.5 Å². The van der Waals surface area contributed by atoms with Gasteiger partial charge in [-0.05, 0) is 107 Å². The quantitative estimate of drug-likeness (QED) is 0.171. The van der Waals surface area contributed by atoms with Gasteiger partial charge in [-0.25, -0.2) is 0 Å². The standard InChI is InChI=1S/C72H113ClN12O14/c1-20-46(8)60-71(98)83(18)54(35-44(4)5)64(91)77-61(47(9)86)70(97)79(14)41-59(89)81(16)56(38-49-30-27-31-50(73)36-49)69(96)82(17)53(34-43(2)3)63(90)75-52(42-99-72(10,11)12)67(94)84(19)62(45(6)7)66(93)74-51(68(95)85-32-25-22-26-33-85)39-57(87)78(13)40-58(88)80(15)55(65(92)76-60)37-48-28-23-21-24-29-48/h21,23-24,27-31,36,43-47,51-56,60-62,86H,20,22,25-26,32-35,37-42H2,1-19H3,(H,74,93)(H,75,90)(H,76,92)(H,77,91)/t46-,47+,51-,52-,53-,54-,55-,56-,60-,61-,62-/m0/s1. The summed E-state index contributed by atoms with van der Waals surface area (Å²) in [5.74, 6) is -10.7. The molecule has 0 saturated carbocycles. The summed E-state index contributed by atoms with van der Waals surface area (Å²) in [6.45, 7) is 19.7. The largest absolute Gasteiger partial charge is 0.391 e. The van der Waals surface area contributed by atoms with Gasteiger partial charge in [0.1, 0.15) is 54.4 Å². The molecule has 2 aromatic rings. The molecule has 552 valence electrons. The minimum atomic E-state index is -1.68. The summed E-state index contributed by atoms with van der Waals surface area (Å²) >= 11 is 6.47. The monoisotopic (exact) mass is 1400 g/mol. The molecule has 2 saturated heterocycles. The average molecular weight is 1410 g/mol. The van der Waals surface area contributed by atoms with Crippen molar-refractivity contribution in [2.24, 2.45) is 23.7 Å². The van der Waals surface area contributed by atoms with Crippen molar-refractivity contribution in [2.75, 3.05) is 82.1 Å². The Kier molecular flexibility index (Phi) is 32.3. The number of carbonyl (C=O) groups is 12. The van der Waals surface area contributed by atoms with Gasteiger partial charge in [0.25, 0.3) is 0 Å². The number of nitrogens with zero attached hydrogens (tertiary/aromatic N) is 8. The lowest BCUT2D eigenvalue weighted by atomic mass is 9.94. The van der Waals surface area contributed by atoms with Crippen molar-refractivity contribution >= 4 is 82.5 Å². The second kappa shape index (κ2) is 38.2. The summed E-state index contributed by atoms with van der Waals surface area (Å²) < 4.78 is 6.17. The number of ether oxygens (including phenoxy) is 1. The number of rotatable bonds is 15. The first kappa shape index (κ1) is 83.7. The number of halogens is 1. The van der Waals surface area contributed by atoms with Crippen LogP contribution in [0.1, 0.15) is 139 Å². The lowest BCUT2D eigenvalue weighted by Crippen LogP contribution is -2.62. The Hall–Kier alpha value is -7.71. The second-order valence-corrected chi connectivity index (χ2v) is 29.5. The van der Waals surface area contributed by atoms with Crippen LogP contribution in [-0.4, -0.2) is 263 Å². The third-order valence-electron chi connectivity index (χ3n) is 18.5. The zero-order chi connectivity index (χ0) is 74.7. The van der Waals surface area contributed by atoms with E-state index in [1.165, 1.54) is 71.0 Å². The molecule has 0 bridgehead atoms. The van der Waals surface area contributed by atoms with Crippen molar-refractivity contribution in [2.45, 2.75) is 207 Å². The van der Waals surface area contributed by atoms with E-state index in [1.54, 1.807) is 101 Å². The highest BCUT2D eigenvalue weighted by Gasteiger charge is 2.44. The molecule has 5 N–H and O–H groups in total. The zero-order valence-corrected chi connectivity index (χ0v) is 62.6. The first-order valence-electron chi connectivity index (χ1n) is 34.6. The Morgan fingerprint density at radius 1 is 0.556 bits per heavy atom. The van der Waals surface area contributed by atoms with E-state index in [0.29, 0.717) is 48.5 Å². The van der Waals surface area contributed by atoms with Crippen molar-refractivity contribution in [3.8, 4) is 0 Å². The minimum Gasteiger partial charge on any atom is -0.391 e. The third-order valence-corrected chi connectivity index (χ3v) is 18.8. The van der Waals surface area contributed by atoms with Gasteiger partial charge in [-0.15, -0.1) is 0 Å². The molecule has 2 aliphatic heterocycles. The number of hydrogen-bond acceptors (Lipinski definition) is 14. The molecule has 0 spiro atoms. The SMILES string of the molecule is CC[C@H](C)[C@@H]1NC(=O)[C@H](Cc2ccccc2)N(C)C(=O)CN(C)C(=O)C[C@@H](C(=O)N2CCCCC2)NC(=O)[C@H](C(C)C)N(C)C(=O)[C@H](COC(C)(C)C)NC(=O)[C@H](CC(C)C)N(C)C(=O)[C@H](Cc2cccc(Cl)c2)N(C)C(=O)CN(C)C(=O)[C@H]([C@@H](C)O)NC(=O)[C@H](CC(C)C)N(C)C1=O. The molecule has 11 atom stereocenters. The van der Waals surface area contributed by atoms with Gasteiger partial charge in [0.2, 0.25) is 70.9 Å². The number of hydrogen-bond donors (Lipinski definition) is 5. The average Bonchev–Trinajstić information content (AvgIpc) is 0.822. The first-order chi connectivity index (χ1) is 46.2. The summed E-state index contributed by atoms with van der Waals surface area (Å²) in [6.07, 6.45) is 0.275. The molecule has 2 fully saturated rings. The first-order valence-corrected chi connectivity index (χ1v) is 35.0. The number of carbonyl (C=O) groups excluding carboxylic acids is 12. The fourth-order valence-electron chi connectivity index (χ4n) is 12.2. The molecule has 4 rings (SSSR count). The zero-order valence-electron chi connectivity index (χ0n) is 61.9. The number of piperidine rings is 1. The Labute approximate surface area is 591 Å². The Morgan fingerprint density at radius 2 is 1.06 bits per heavy atom. The number of benzene rings is 2. The molecule has 0 aromatic heterocycles. The highest BCUT2D eigenvalue weighted by atomic mass is 35.5. The van der Waals surface area contributed by atoms with E-state index in [1.807, 2.05) is 34.6 Å². The highest BCUT2D eigenvalue weighted by Crippen LogP contribution is 2.24. The molecule has 0 unspecified atom stereocenters. The van der Waals surface area contributed by atoms with Crippen LogP contribution in [-0.2, 0) is 75.1 Å². The molecule has 2 heterocycles. The molecule has 26 nitrogen and oxygen atoms in total. The van der Waals surface area contributed by atoms with E-state index in [-0.39, 0.29) is 37.5 Å². The molecule has 99 heavy (non-hydrogen) atoms. The molecule has 0 aliphatic carbocycles. The smallest absolute Gasteiger partial charge is 0.248 e. The number of aliphatic hydroxyl groups is 1. The van der Waals surface area contributed by atoms with E-state index >= 15 is 19.2 Å². The van der Waals surface area contributed by atoms with Gasteiger partial charge in [0, 0.05) is 80.3 Å². The number of likely N-dealkylation sites (tertiary alicyclic amines) is 1. The summed E-state index contributed by atoms with van der Waals surface area (Å²) in [5.41, 5.74) is 0.309. The number of aliphatic hydroxyl groups excluding tert-OH is 1. The van der Waals surface area contributed by atoms with Gasteiger partial charge in [0.15, 0.2) is 0 Å². The Morgan fingerprint density at radius 3 is 1.59 bits per heavy atom. The number of likely N-dealkylation sites (N-methyl/N-ethyl adjacent to an activating group) is 7. The molecular weight excluding hydrogens is 1290 g/mol. The maximum absolute atomic E-state index is 15.3. The van der Waals surface area contributed by atoms with Crippen LogP contribution in [0, 0.1) is 23.7 Å². The Bertz CT molecular complexity index is 3120. The molecule has 12 amide bonds. The van der Waals surface area contributed by atoms with Gasteiger partial charge in [0.05, 0.1) is 37.8 Å². The summed E-state index contributed by atoms with van der Waals surface area (Å²) in [7, 11) is 9.55. The molecule has 27 heteroatoms. The fraction of sp³-hybridized carbons (Fsp3) is 0.667. The van der Waals surface area contributed by atoms with Crippen molar-refractivity contribution < 1.29 is 67.4 Å². The predicted octanol–water partition coefficient (Wildman–Crippen LogP) is 3.52. The third kappa shape index (κ3) is 24.3. The van der Waals surface area contributed by atoms with Crippen molar-refractivity contribution in [3.05, 3.63) is 70.7 Å². The normalized spacial score (nSPS) is 24.9.